The predicted octanol–water partition coefficient (Wildman–Crippen LogP) is 3.84. The lowest BCUT2D eigenvalue weighted by Gasteiger charge is -2.10. The highest BCUT2D eigenvalue weighted by Crippen LogP contribution is 2.16. The number of halogens is 1. The molecule has 6 heteroatoms. The number of hydrogen-bond donors (Lipinski definition) is 2. The summed E-state index contributed by atoms with van der Waals surface area (Å²) in [6, 6.07) is 21.3. The Morgan fingerprint density at radius 2 is 1.48 bits per heavy atom. The van der Waals surface area contributed by atoms with E-state index in [0.29, 0.717) is 11.3 Å². The van der Waals surface area contributed by atoms with Crippen LogP contribution >= 0.6 is 0 Å². The van der Waals surface area contributed by atoms with Crippen molar-refractivity contribution in [1.82, 2.24) is 5.43 Å². The number of rotatable bonds is 5. The summed E-state index contributed by atoms with van der Waals surface area (Å²) >= 11 is 0. The van der Waals surface area contributed by atoms with Gasteiger partial charge < -0.3 is 5.32 Å². The second-order valence-corrected chi connectivity index (χ2v) is 5.59. The van der Waals surface area contributed by atoms with Gasteiger partial charge in [0.25, 0.3) is 11.8 Å². The molecule has 0 aliphatic heterocycles. The van der Waals surface area contributed by atoms with Crippen LogP contribution in [-0.2, 0) is 0 Å². The highest BCUT2D eigenvalue weighted by atomic mass is 19.1. The third-order valence-corrected chi connectivity index (χ3v) is 3.73. The van der Waals surface area contributed by atoms with Crippen LogP contribution in [0.4, 0.5) is 10.1 Å². The molecule has 3 aromatic carbocycles. The Kier molecular flexibility index (Phi) is 5.69. The second-order valence-electron chi connectivity index (χ2n) is 5.59. The van der Waals surface area contributed by atoms with Crippen LogP contribution in [0.5, 0.6) is 0 Å². The number of hydrogen-bond acceptors (Lipinski definition) is 3. The van der Waals surface area contributed by atoms with Gasteiger partial charge in [0.2, 0.25) is 0 Å². The smallest absolute Gasteiger partial charge is 0.273 e. The first-order chi connectivity index (χ1) is 13.1. The number of nitrogens with one attached hydrogen (secondary N) is 2. The molecule has 0 fully saturated rings. The van der Waals surface area contributed by atoms with E-state index in [2.05, 4.69) is 15.8 Å². The van der Waals surface area contributed by atoms with Crippen LogP contribution in [0.1, 0.15) is 26.3 Å². The molecule has 0 saturated heterocycles. The lowest BCUT2D eigenvalue weighted by Crippen LogP contribution is -2.21. The summed E-state index contributed by atoms with van der Waals surface area (Å²) in [7, 11) is 0. The number of carbonyl (C=O) groups excluding carboxylic acids is 2. The fraction of sp³-hybridized carbons (Fsp3) is 0. The lowest BCUT2D eigenvalue weighted by atomic mass is 10.1. The van der Waals surface area contributed by atoms with Crippen LogP contribution in [0.2, 0.25) is 0 Å². The van der Waals surface area contributed by atoms with Crippen molar-refractivity contribution < 1.29 is 14.0 Å². The van der Waals surface area contributed by atoms with Crippen molar-refractivity contribution in [3.8, 4) is 0 Å². The van der Waals surface area contributed by atoms with Crippen molar-refractivity contribution in [3.05, 3.63) is 101 Å². The van der Waals surface area contributed by atoms with Crippen LogP contribution in [-0.4, -0.2) is 18.0 Å². The maximum absolute atomic E-state index is 13.6. The van der Waals surface area contributed by atoms with Gasteiger partial charge in [-0.3, -0.25) is 9.59 Å². The SMILES string of the molecule is O=C(Nc1ccccc1C(=O)N/N=C/c1ccccc1F)c1ccccc1. The number of hydrazone groups is 1. The minimum atomic E-state index is -0.522. The Labute approximate surface area is 155 Å². The van der Waals surface area contributed by atoms with E-state index in [1.54, 1.807) is 66.7 Å². The van der Waals surface area contributed by atoms with Crippen molar-refractivity contribution in [1.29, 1.82) is 0 Å². The molecule has 3 rings (SSSR count). The van der Waals surface area contributed by atoms with Gasteiger partial charge in [-0.1, -0.05) is 48.5 Å². The number of benzene rings is 3. The standard InChI is InChI=1S/C21H16FN3O2/c22-18-12-6-4-10-16(18)14-23-25-21(27)17-11-5-7-13-19(17)24-20(26)15-8-2-1-3-9-15/h1-14H,(H,24,26)(H,25,27)/b23-14+. The van der Waals surface area contributed by atoms with Gasteiger partial charge in [0.15, 0.2) is 0 Å². The molecule has 0 aliphatic rings. The van der Waals surface area contributed by atoms with E-state index < -0.39 is 11.7 Å². The summed E-state index contributed by atoms with van der Waals surface area (Å²) in [6.45, 7) is 0. The molecule has 3 aromatic rings. The Balaban J connectivity index is 1.72. The molecule has 2 N–H and O–H groups in total. The quantitative estimate of drug-likeness (QED) is 0.535. The van der Waals surface area contributed by atoms with Crippen molar-refractivity contribution in [2.45, 2.75) is 0 Å². The number of amides is 2. The molecule has 0 bridgehead atoms. The maximum Gasteiger partial charge on any atom is 0.273 e. The number of para-hydroxylation sites is 1. The van der Waals surface area contributed by atoms with Gasteiger partial charge in [0.1, 0.15) is 5.82 Å². The summed E-state index contributed by atoms with van der Waals surface area (Å²) < 4.78 is 13.6. The Morgan fingerprint density at radius 3 is 2.26 bits per heavy atom. The van der Waals surface area contributed by atoms with Crippen LogP contribution in [0, 0.1) is 5.82 Å². The van der Waals surface area contributed by atoms with E-state index >= 15 is 0 Å². The maximum atomic E-state index is 13.6. The second kappa shape index (κ2) is 8.53. The van der Waals surface area contributed by atoms with Crippen LogP contribution in [0.3, 0.4) is 0 Å². The number of carbonyl (C=O) groups is 2. The molecule has 0 aliphatic carbocycles. The number of anilines is 1. The molecule has 0 atom stereocenters. The fourth-order valence-corrected chi connectivity index (χ4v) is 2.37. The average molecular weight is 361 g/mol. The highest BCUT2D eigenvalue weighted by molar-refractivity contribution is 6.09. The minimum absolute atomic E-state index is 0.243. The van der Waals surface area contributed by atoms with E-state index in [1.807, 2.05) is 6.07 Å². The van der Waals surface area contributed by atoms with Gasteiger partial charge in [0.05, 0.1) is 17.5 Å². The van der Waals surface area contributed by atoms with Gasteiger partial charge >= 0.3 is 0 Å². The first-order valence-corrected chi connectivity index (χ1v) is 8.18. The lowest BCUT2D eigenvalue weighted by molar-refractivity contribution is 0.0956. The van der Waals surface area contributed by atoms with Crippen molar-refractivity contribution in [3.63, 3.8) is 0 Å². The summed E-state index contributed by atoms with van der Waals surface area (Å²) in [5, 5.41) is 6.49. The first-order valence-electron chi connectivity index (χ1n) is 8.18. The van der Waals surface area contributed by atoms with Gasteiger partial charge in [-0.15, -0.1) is 0 Å². The summed E-state index contributed by atoms with van der Waals surface area (Å²) in [4.78, 5) is 24.7. The normalized spacial score (nSPS) is 10.6. The first kappa shape index (κ1) is 18.0. The molecule has 134 valence electrons. The third kappa shape index (κ3) is 4.64. The monoisotopic (exact) mass is 361 g/mol. The Bertz CT molecular complexity index is 987. The van der Waals surface area contributed by atoms with Gasteiger partial charge in [-0.2, -0.15) is 5.10 Å². The fourth-order valence-electron chi connectivity index (χ4n) is 2.37. The van der Waals surface area contributed by atoms with Gasteiger partial charge in [-0.25, -0.2) is 9.82 Å². The summed E-state index contributed by atoms with van der Waals surface area (Å²) in [6.07, 6.45) is 1.22. The van der Waals surface area contributed by atoms with Crippen LogP contribution in [0.15, 0.2) is 84.0 Å². The molecule has 0 radical (unpaired) electrons. The third-order valence-electron chi connectivity index (χ3n) is 3.73. The van der Waals surface area contributed by atoms with Gasteiger partial charge in [-0.05, 0) is 30.3 Å². The van der Waals surface area contributed by atoms with E-state index in [9.17, 15) is 14.0 Å². The molecule has 27 heavy (non-hydrogen) atoms. The van der Waals surface area contributed by atoms with Crippen LogP contribution < -0.4 is 10.7 Å². The molecule has 0 unspecified atom stereocenters. The van der Waals surface area contributed by atoms with E-state index in [0.717, 1.165) is 0 Å². The predicted molar refractivity (Wildman–Crippen MR) is 102 cm³/mol. The summed E-state index contributed by atoms with van der Waals surface area (Å²) in [5.74, 6) is -1.29. The zero-order valence-corrected chi connectivity index (χ0v) is 14.2. The Morgan fingerprint density at radius 1 is 0.815 bits per heavy atom. The van der Waals surface area contributed by atoms with E-state index in [4.69, 9.17) is 0 Å². The molecule has 0 heterocycles. The number of nitrogens with zero attached hydrogens (tertiary/aromatic N) is 1. The zero-order chi connectivity index (χ0) is 19.1. The molecule has 0 aromatic heterocycles. The zero-order valence-electron chi connectivity index (χ0n) is 14.2. The van der Waals surface area contributed by atoms with Crippen LogP contribution in [0.25, 0.3) is 0 Å². The van der Waals surface area contributed by atoms with E-state index in [-0.39, 0.29) is 17.0 Å². The molecule has 2 amide bonds. The average Bonchev–Trinajstić information content (AvgIpc) is 2.70. The molecular weight excluding hydrogens is 345 g/mol. The largest absolute Gasteiger partial charge is 0.321 e. The minimum Gasteiger partial charge on any atom is -0.321 e. The van der Waals surface area contributed by atoms with Crippen molar-refractivity contribution >= 4 is 23.7 Å². The van der Waals surface area contributed by atoms with Crippen molar-refractivity contribution in [2.75, 3.05) is 5.32 Å². The topological polar surface area (TPSA) is 70.6 Å². The van der Waals surface area contributed by atoms with Crippen molar-refractivity contribution in [2.24, 2.45) is 5.10 Å². The Hall–Kier alpha value is -3.80. The molecule has 5 nitrogen and oxygen atoms in total. The molecule has 0 saturated carbocycles. The van der Waals surface area contributed by atoms with E-state index in [1.165, 1.54) is 12.3 Å². The van der Waals surface area contributed by atoms with Gasteiger partial charge in [0, 0.05) is 11.1 Å². The molecule has 0 spiro atoms. The highest BCUT2D eigenvalue weighted by Gasteiger charge is 2.13. The molecular formula is C21H16FN3O2. The summed E-state index contributed by atoms with van der Waals surface area (Å²) in [5.41, 5.74) is 3.67.